The van der Waals surface area contributed by atoms with Crippen molar-refractivity contribution in [2.45, 2.75) is 45.3 Å². The van der Waals surface area contributed by atoms with E-state index >= 15 is 0 Å². The van der Waals surface area contributed by atoms with Crippen LogP contribution in [0.2, 0.25) is 0 Å². The maximum absolute atomic E-state index is 12.1. The Morgan fingerprint density at radius 2 is 1.90 bits per heavy atom. The molecule has 2 atom stereocenters. The molecule has 1 aromatic rings. The van der Waals surface area contributed by atoms with E-state index in [1.807, 2.05) is 32.0 Å². The first-order valence-electron chi connectivity index (χ1n) is 6.83. The number of amides is 1. The number of nitrogens with one attached hydrogen (secondary N) is 1. The van der Waals surface area contributed by atoms with Crippen molar-refractivity contribution in [3.05, 3.63) is 30.3 Å². The third kappa shape index (κ3) is 4.91. The molecule has 2 N–H and O–H groups in total. The summed E-state index contributed by atoms with van der Waals surface area (Å²) in [6, 6.07) is 8.15. The van der Waals surface area contributed by atoms with Gasteiger partial charge in [-0.15, -0.1) is 0 Å². The van der Waals surface area contributed by atoms with Crippen molar-refractivity contribution in [3.8, 4) is 5.75 Å². The van der Waals surface area contributed by atoms with E-state index in [1.54, 1.807) is 12.1 Å². The fourth-order valence-electron chi connectivity index (χ4n) is 1.80. The Bertz CT molecular complexity index is 433. The molecule has 5 nitrogen and oxygen atoms in total. The molecule has 1 aromatic carbocycles. The largest absolute Gasteiger partial charge is 0.481 e. The zero-order valence-corrected chi connectivity index (χ0v) is 11.8. The van der Waals surface area contributed by atoms with Crippen LogP contribution in [0.1, 0.15) is 33.1 Å². The number of carboxylic acid groups (broad SMARTS) is 1. The summed E-state index contributed by atoms with van der Waals surface area (Å²) in [6.07, 6.45) is 0.881. The lowest BCUT2D eigenvalue weighted by Gasteiger charge is -2.20. The summed E-state index contributed by atoms with van der Waals surface area (Å²) >= 11 is 0. The van der Waals surface area contributed by atoms with Crippen LogP contribution in [0.15, 0.2) is 30.3 Å². The molecule has 0 radical (unpaired) electrons. The predicted octanol–water partition coefficient (Wildman–Crippen LogP) is 2.21. The lowest BCUT2D eigenvalue weighted by atomic mass is 10.1. The molecule has 0 bridgehead atoms. The number of ether oxygens (including phenoxy) is 1. The maximum atomic E-state index is 12.1. The molecule has 0 aliphatic carbocycles. The third-order valence-electron chi connectivity index (χ3n) is 2.88. The fourth-order valence-corrected chi connectivity index (χ4v) is 1.80. The van der Waals surface area contributed by atoms with Gasteiger partial charge < -0.3 is 15.2 Å². The topological polar surface area (TPSA) is 75.6 Å². The first-order valence-corrected chi connectivity index (χ1v) is 6.83. The number of carbonyl (C=O) groups is 2. The van der Waals surface area contributed by atoms with Crippen molar-refractivity contribution in [1.29, 1.82) is 0 Å². The molecule has 20 heavy (non-hydrogen) atoms. The number of aliphatic carboxylic acids is 1. The predicted molar refractivity (Wildman–Crippen MR) is 75.6 cm³/mol. The Balaban J connectivity index is 2.64. The van der Waals surface area contributed by atoms with E-state index in [1.165, 1.54) is 0 Å². The maximum Gasteiger partial charge on any atom is 0.326 e. The monoisotopic (exact) mass is 279 g/mol. The Kier molecular flexibility index (Phi) is 6.56. The Morgan fingerprint density at radius 3 is 2.40 bits per heavy atom. The number of hydrogen-bond acceptors (Lipinski definition) is 3. The van der Waals surface area contributed by atoms with E-state index in [-0.39, 0.29) is 0 Å². The van der Waals surface area contributed by atoms with Crippen LogP contribution in [0, 0.1) is 0 Å². The molecular formula is C15H21NO4. The fraction of sp³-hybridized carbons (Fsp3) is 0.467. The molecular weight excluding hydrogens is 258 g/mol. The summed E-state index contributed by atoms with van der Waals surface area (Å²) in [6.45, 7) is 3.70. The highest BCUT2D eigenvalue weighted by molar-refractivity contribution is 5.86. The van der Waals surface area contributed by atoms with E-state index in [0.717, 1.165) is 0 Å². The second-order valence-electron chi connectivity index (χ2n) is 4.52. The summed E-state index contributed by atoms with van der Waals surface area (Å²) < 4.78 is 5.58. The Labute approximate surface area is 118 Å². The third-order valence-corrected chi connectivity index (χ3v) is 2.88. The number of benzene rings is 1. The first-order chi connectivity index (χ1) is 9.58. The van der Waals surface area contributed by atoms with Gasteiger partial charge in [0.25, 0.3) is 5.91 Å². The van der Waals surface area contributed by atoms with Crippen LogP contribution in [-0.2, 0) is 9.59 Å². The SMILES string of the molecule is CCCC(NC(=O)C(CC)Oc1ccccc1)C(=O)O. The minimum Gasteiger partial charge on any atom is -0.481 e. The average Bonchev–Trinajstić information content (AvgIpc) is 2.45. The second kappa shape index (κ2) is 8.19. The lowest BCUT2D eigenvalue weighted by Crippen LogP contribution is -2.47. The van der Waals surface area contributed by atoms with Gasteiger partial charge in [0.05, 0.1) is 0 Å². The molecule has 110 valence electrons. The van der Waals surface area contributed by atoms with Gasteiger partial charge >= 0.3 is 5.97 Å². The molecule has 1 rings (SSSR count). The minimum absolute atomic E-state index is 0.391. The highest BCUT2D eigenvalue weighted by atomic mass is 16.5. The number of carbonyl (C=O) groups excluding carboxylic acids is 1. The van der Waals surface area contributed by atoms with Gasteiger partial charge in [0.15, 0.2) is 6.10 Å². The summed E-state index contributed by atoms with van der Waals surface area (Å²) in [5.74, 6) is -0.816. The van der Waals surface area contributed by atoms with Crippen LogP contribution in [0.25, 0.3) is 0 Å². The molecule has 0 aliphatic rings. The molecule has 0 heterocycles. The highest BCUT2D eigenvalue weighted by Crippen LogP contribution is 2.13. The smallest absolute Gasteiger partial charge is 0.326 e. The van der Waals surface area contributed by atoms with Gasteiger partial charge in [-0.1, -0.05) is 38.5 Å². The van der Waals surface area contributed by atoms with Crippen LogP contribution in [0.3, 0.4) is 0 Å². The van der Waals surface area contributed by atoms with Gasteiger partial charge in [0, 0.05) is 0 Å². The summed E-state index contributed by atoms with van der Waals surface area (Å²) in [5.41, 5.74) is 0. The Morgan fingerprint density at radius 1 is 1.25 bits per heavy atom. The summed E-state index contributed by atoms with van der Waals surface area (Å²) in [7, 11) is 0. The minimum atomic E-state index is -1.02. The van der Waals surface area contributed by atoms with Gasteiger partial charge in [0.2, 0.25) is 0 Å². The Hall–Kier alpha value is -2.04. The van der Waals surface area contributed by atoms with Crippen molar-refractivity contribution in [2.75, 3.05) is 0 Å². The molecule has 2 unspecified atom stereocenters. The molecule has 0 saturated heterocycles. The van der Waals surface area contributed by atoms with Crippen LogP contribution >= 0.6 is 0 Å². The zero-order chi connectivity index (χ0) is 15.0. The van der Waals surface area contributed by atoms with Crippen LogP contribution < -0.4 is 10.1 Å². The van der Waals surface area contributed by atoms with Crippen molar-refractivity contribution in [3.63, 3.8) is 0 Å². The van der Waals surface area contributed by atoms with E-state index in [2.05, 4.69) is 5.32 Å². The first kappa shape index (κ1) is 16.0. The summed E-state index contributed by atoms with van der Waals surface area (Å²) in [5, 5.41) is 11.6. The van der Waals surface area contributed by atoms with Gasteiger partial charge in [0.1, 0.15) is 11.8 Å². The molecule has 0 aromatic heterocycles. The van der Waals surface area contributed by atoms with Crippen LogP contribution in [0.5, 0.6) is 5.75 Å². The van der Waals surface area contributed by atoms with Gasteiger partial charge in [-0.2, -0.15) is 0 Å². The molecule has 0 saturated carbocycles. The van der Waals surface area contributed by atoms with Gasteiger partial charge in [-0.25, -0.2) is 4.79 Å². The van der Waals surface area contributed by atoms with Gasteiger partial charge in [-0.3, -0.25) is 4.79 Å². The van der Waals surface area contributed by atoms with E-state index in [9.17, 15) is 9.59 Å². The number of para-hydroxylation sites is 1. The quantitative estimate of drug-likeness (QED) is 0.765. The highest BCUT2D eigenvalue weighted by Gasteiger charge is 2.24. The molecule has 0 aliphatic heterocycles. The lowest BCUT2D eigenvalue weighted by molar-refractivity contribution is -0.143. The average molecular weight is 279 g/mol. The summed E-state index contributed by atoms with van der Waals surface area (Å²) in [4.78, 5) is 23.1. The van der Waals surface area contributed by atoms with E-state index in [4.69, 9.17) is 9.84 Å². The van der Waals surface area contributed by atoms with Crippen molar-refractivity contribution in [2.24, 2.45) is 0 Å². The van der Waals surface area contributed by atoms with Crippen molar-refractivity contribution >= 4 is 11.9 Å². The van der Waals surface area contributed by atoms with E-state index < -0.39 is 24.0 Å². The number of hydrogen-bond donors (Lipinski definition) is 2. The molecule has 1 amide bonds. The number of carboxylic acids is 1. The van der Waals surface area contributed by atoms with Gasteiger partial charge in [-0.05, 0) is 25.0 Å². The van der Waals surface area contributed by atoms with Crippen LogP contribution in [-0.4, -0.2) is 29.1 Å². The van der Waals surface area contributed by atoms with Crippen molar-refractivity contribution < 1.29 is 19.4 Å². The second-order valence-corrected chi connectivity index (χ2v) is 4.52. The molecule has 0 fully saturated rings. The normalized spacial score (nSPS) is 13.3. The molecule has 5 heteroatoms. The standard InChI is InChI=1S/C15H21NO4/c1-3-8-12(15(18)19)16-14(17)13(4-2)20-11-9-6-5-7-10-11/h5-7,9-10,12-13H,3-4,8H2,1-2H3,(H,16,17)(H,18,19). The van der Waals surface area contributed by atoms with Crippen LogP contribution in [0.4, 0.5) is 0 Å². The molecule has 0 spiro atoms. The van der Waals surface area contributed by atoms with E-state index in [0.29, 0.717) is 25.0 Å². The number of rotatable bonds is 8. The zero-order valence-electron chi connectivity index (χ0n) is 11.8. The van der Waals surface area contributed by atoms with Crippen molar-refractivity contribution in [1.82, 2.24) is 5.32 Å².